The number of pyridine rings is 2. The van der Waals surface area contributed by atoms with Crippen molar-refractivity contribution in [2.75, 3.05) is 16.5 Å². The molecular weight excluding hydrogens is 711 g/mol. The summed E-state index contributed by atoms with van der Waals surface area (Å²) in [7, 11) is 2.06. The molecule has 1 aliphatic heterocycles. The fourth-order valence-electron chi connectivity index (χ4n) is 8.38. The first kappa shape index (κ1) is 35.2. The average molecular weight is 754 g/mol. The van der Waals surface area contributed by atoms with Crippen LogP contribution in [0.1, 0.15) is 48.6 Å². The summed E-state index contributed by atoms with van der Waals surface area (Å²) in [6, 6.07) is 56.3. The van der Waals surface area contributed by atoms with E-state index in [1.54, 1.807) is 0 Å². The highest BCUT2D eigenvalue weighted by atomic mass is 15.4. The summed E-state index contributed by atoms with van der Waals surface area (Å²) in [6.45, 7) is 7.37. The molecule has 10 rings (SSSR count). The van der Waals surface area contributed by atoms with Crippen molar-refractivity contribution in [2.45, 2.75) is 26.2 Å². The van der Waals surface area contributed by atoms with Crippen molar-refractivity contribution >= 4 is 56.1 Å². The second kappa shape index (κ2) is 14.0. The summed E-state index contributed by atoms with van der Waals surface area (Å²) in [5, 5.41) is 1.08. The number of hydrogen-bond acceptors (Lipinski definition) is 5. The summed E-state index contributed by atoms with van der Waals surface area (Å²) in [6.07, 6.45) is 5.71. The number of nitrogens with zero attached hydrogens (tertiary/aromatic N) is 7. The van der Waals surface area contributed by atoms with Crippen molar-refractivity contribution in [3.63, 3.8) is 0 Å². The van der Waals surface area contributed by atoms with E-state index in [1.807, 2.05) is 24.8 Å². The van der Waals surface area contributed by atoms with Crippen molar-refractivity contribution < 1.29 is 0 Å². The monoisotopic (exact) mass is 753 g/mol. The lowest BCUT2D eigenvalue weighted by atomic mass is 9.85. The summed E-state index contributed by atoms with van der Waals surface area (Å²) < 4.78 is 4.38. The molecule has 7 heteroatoms. The zero-order valence-corrected chi connectivity index (χ0v) is 33.1. The molecule has 0 spiro atoms. The van der Waals surface area contributed by atoms with Crippen LogP contribution in [0.25, 0.3) is 39.0 Å². The van der Waals surface area contributed by atoms with Crippen LogP contribution < -0.4 is 9.80 Å². The Balaban J connectivity index is 1.22. The molecule has 0 amide bonds. The molecule has 0 atom stereocenters. The molecule has 7 nitrogen and oxygen atoms in total. The Morgan fingerprint density at radius 2 is 1.21 bits per heavy atom. The molecule has 5 aromatic carbocycles. The smallest absolute Gasteiger partial charge is 0.158 e. The molecule has 0 bridgehead atoms. The van der Waals surface area contributed by atoms with Gasteiger partial charge < -0.3 is 14.4 Å². The first-order chi connectivity index (χ1) is 28.3. The second-order valence-corrected chi connectivity index (χ2v) is 16.0. The van der Waals surface area contributed by atoms with Crippen LogP contribution in [0.2, 0.25) is 0 Å². The maximum absolute atomic E-state index is 4.98. The Kier molecular flexibility index (Phi) is 8.52. The number of anilines is 4. The second-order valence-electron chi connectivity index (χ2n) is 16.0. The number of aryl methyl sites for hydroxylation is 1. The topological polar surface area (TPSA) is 55.0 Å². The van der Waals surface area contributed by atoms with Crippen molar-refractivity contribution in [1.29, 1.82) is 0 Å². The number of hydrogen-bond donors (Lipinski definition) is 0. The van der Waals surface area contributed by atoms with E-state index in [4.69, 9.17) is 15.0 Å². The third-order valence-corrected chi connectivity index (χ3v) is 11.2. The summed E-state index contributed by atoms with van der Waals surface area (Å²) >= 11 is 0. The minimum absolute atomic E-state index is 0.0396. The van der Waals surface area contributed by atoms with Crippen molar-refractivity contribution in [3.05, 3.63) is 204 Å². The van der Waals surface area contributed by atoms with Gasteiger partial charge in [-0.05, 0) is 105 Å². The SMILES string of the molecule is Cn1cnc2c3ccc(C(=C(c4ccccc4)c4ccccc4)c4cccc(N5CN(c6ccccc6)c6cccnc65)c4)cc3n(-c3cc(C(C)(C)C)ccn3)c21. The van der Waals surface area contributed by atoms with E-state index in [0.717, 1.165) is 84.2 Å². The van der Waals surface area contributed by atoms with E-state index in [0.29, 0.717) is 6.67 Å². The highest BCUT2D eigenvalue weighted by Gasteiger charge is 2.30. The molecule has 282 valence electrons. The molecule has 0 fully saturated rings. The van der Waals surface area contributed by atoms with E-state index in [9.17, 15) is 0 Å². The molecule has 5 heterocycles. The quantitative estimate of drug-likeness (QED) is 0.152. The van der Waals surface area contributed by atoms with Crippen molar-refractivity contribution in [2.24, 2.45) is 7.05 Å². The number of para-hydroxylation sites is 1. The third kappa shape index (κ3) is 6.03. The largest absolute Gasteiger partial charge is 0.320 e. The molecule has 0 unspecified atom stereocenters. The average Bonchev–Trinajstić information content (AvgIpc) is 3.94. The van der Waals surface area contributed by atoms with Crippen molar-refractivity contribution in [3.8, 4) is 5.82 Å². The molecule has 0 radical (unpaired) electrons. The van der Waals surface area contributed by atoms with Crippen LogP contribution in [0.15, 0.2) is 176 Å². The van der Waals surface area contributed by atoms with E-state index < -0.39 is 0 Å². The van der Waals surface area contributed by atoms with E-state index in [-0.39, 0.29) is 5.41 Å². The van der Waals surface area contributed by atoms with Crippen LogP contribution in [0.4, 0.5) is 22.9 Å². The molecule has 0 saturated carbocycles. The van der Waals surface area contributed by atoms with Gasteiger partial charge in [0.2, 0.25) is 0 Å². The van der Waals surface area contributed by atoms with Crippen LogP contribution in [-0.2, 0) is 12.5 Å². The van der Waals surface area contributed by atoms with E-state index in [1.165, 1.54) is 5.56 Å². The fraction of sp³-hybridized carbons (Fsp3) is 0.118. The summed E-state index contributed by atoms with van der Waals surface area (Å²) in [4.78, 5) is 19.5. The standard InChI is InChI=1S/C51H43N7/c1-51(2,3)39-27-29-52-45(32-39)58-44-31-38(25-26-42(44)48-50(58)55(4)33-54-48)47(46(35-16-8-5-9-17-35)36-18-10-6-11-19-36)37-20-14-23-41(30-37)57-34-56(40-21-12-7-13-22-40)43-24-15-28-53-49(43)57/h5-33H,34H2,1-4H3. The number of aromatic nitrogens is 5. The van der Waals surface area contributed by atoms with Gasteiger partial charge in [0.15, 0.2) is 5.82 Å². The van der Waals surface area contributed by atoms with Crippen molar-refractivity contribution in [1.82, 2.24) is 24.1 Å². The molecule has 1 aliphatic rings. The van der Waals surface area contributed by atoms with Crippen LogP contribution in [0.3, 0.4) is 0 Å². The van der Waals surface area contributed by atoms with Gasteiger partial charge in [-0.1, -0.05) is 118 Å². The first-order valence-electron chi connectivity index (χ1n) is 19.8. The van der Waals surface area contributed by atoms with Gasteiger partial charge >= 0.3 is 0 Å². The lowest BCUT2D eigenvalue weighted by molar-refractivity contribution is 0.588. The van der Waals surface area contributed by atoms with Crippen LogP contribution in [-0.4, -0.2) is 30.8 Å². The van der Waals surface area contributed by atoms with Gasteiger partial charge in [0.25, 0.3) is 0 Å². The molecule has 9 aromatic rings. The first-order valence-corrected chi connectivity index (χ1v) is 19.8. The zero-order valence-electron chi connectivity index (χ0n) is 33.1. The van der Waals surface area contributed by atoms with Gasteiger partial charge in [-0.25, -0.2) is 15.0 Å². The summed E-state index contributed by atoms with van der Waals surface area (Å²) in [5.41, 5.74) is 14.2. The lowest BCUT2D eigenvalue weighted by Gasteiger charge is -2.23. The van der Waals surface area contributed by atoms with Gasteiger partial charge in [-0.2, -0.15) is 0 Å². The highest BCUT2D eigenvalue weighted by molar-refractivity contribution is 6.10. The van der Waals surface area contributed by atoms with Gasteiger partial charge in [-0.15, -0.1) is 0 Å². The van der Waals surface area contributed by atoms with Gasteiger partial charge in [0, 0.05) is 36.2 Å². The predicted octanol–water partition coefficient (Wildman–Crippen LogP) is 11.9. The van der Waals surface area contributed by atoms with Crippen LogP contribution in [0.5, 0.6) is 0 Å². The Hall–Kier alpha value is -7.25. The lowest BCUT2D eigenvalue weighted by Crippen LogP contribution is -2.24. The number of rotatable bonds is 7. The maximum Gasteiger partial charge on any atom is 0.158 e. The molecule has 4 aromatic heterocycles. The van der Waals surface area contributed by atoms with Gasteiger partial charge in [-0.3, -0.25) is 4.57 Å². The Morgan fingerprint density at radius 3 is 1.93 bits per heavy atom. The Morgan fingerprint density at radius 1 is 0.552 bits per heavy atom. The number of imidazole rings is 1. The molecule has 0 N–H and O–H groups in total. The minimum Gasteiger partial charge on any atom is -0.320 e. The van der Waals surface area contributed by atoms with Gasteiger partial charge in [0.05, 0.1) is 17.5 Å². The summed E-state index contributed by atoms with van der Waals surface area (Å²) in [5.74, 6) is 1.80. The van der Waals surface area contributed by atoms with Crippen LogP contribution >= 0.6 is 0 Å². The van der Waals surface area contributed by atoms with Crippen LogP contribution in [0, 0.1) is 0 Å². The Labute approximate surface area is 338 Å². The molecule has 0 saturated heterocycles. The third-order valence-electron chi connectivity index (χ3n) is 11.2. The zero-order chi connectivity index (χ0) is 39.4. The normalized spacial score (nSPS) is 12.7. The fourth-order valence-corrected chi connectivity index (χ4v) is 8.38. The maximum atomic E-state index is 4.98. The van der Waals surface area contributed by atoms with Gasteiger partial charge in [0.1, 0.15) is 23.7 Å². The highest BCUT2D eigenvalue weighted by Crippen LogP contribution is 2.45. The molecular formula is C51H43N7. The predicted molar refractivity (Wildman–Crippen MR) is 238 cm³/mol. The molecule has 58 heavy (non-hydrogen) atoms. The Bertz CT molecular complexity index is 2930. The minimum atomic E-state index is -0.0396. The van der Waals surface area contributed by atoms with E-state index in [2.05, 4.69) is 198 Å². The number of fused-ring (bicyclic) bond motifs is 4. The van der Waals surface area contributed by atoms with E-state index >= 15 is 0 Å². The number of benzene rings is 5. The molecule has 0 aliphatic carbocycles.